The Labute approximate surface area is 300 Å². The second kappa shape index (κ2) is 15.5. The molecule has 7 rings (SSSR count). The fraction of sp³-hybridized carbons (Fsp3) is 0.649. The van der Waals surface area contributed by atoms with Crippen LogP contribution in [-0.2, 0) is 30.5 Å². The number of imidazole rings is 1. The van der Waals surface area contributed by atoms with E-state index in [0.717, 1.165) is 56.1 Å². The number of nitrogens with zero attached hydrogens (tertiary/aromatic N) is 4. The first-order valence-electron chi connectivity index (χ1n) is 18.4. The first-order chi connectivity index (χ1) is 24.1. The van der Waals surface area contributed by atoms with E-state index in [1.165, 1.54) is 19.3 Å². The molecule has 4 aliphatic rings. The number of carbonyl (C=O) groups excluding carboxylic acids is 1. The van der Waals surface area contributed by atoms with Gasteiger partial charge in [-0.25, -0.2) is 4.98 Å². The van der Waals surface area contributed by atoms with Gasteiger partial charge < -0.3 is 33.7 Å². The summed E-state index contributed by atoms with van der Waals surface area (Å²) in [7, 11) is -1.29. The lowest BCUT2D eigenvalue weighted by atomic mass is 9.93. The van der Waals surface area contributed by atoms with Crippen LogP contribution >= 0.6 is 11.6 Å². The van der Waals surface area contributed by atoms with Gasteiger partial charge >= 0.3 is 12.0 Å². The van der Waals surface area contributed by atoms with Gasteiger partial charge in [-0.3, -0.25) is 9.36 Å². The van der Waals surface area contributed by atoms with Gasteiger partial charge in [0.25, 0.3) is 0 Å². The van der Waals surface area contributed by atoms with Gasteiger partial charge in [0.15, 0.2) is 11.8 Å². The van der Waals surface area contributed by atoms with Crippen molar-refractivity contribution in [3.05, 3.63) is 35.4 Å². The number of aliphatic hydroxyl groups is 1. The van der Waals surface area contributed by atoms with E-state index in [1.807, 2.05) is 10.6 Å². The number of carbonyl (C=O) groups is 1. The van der Waals surface area contributed by atoms with Crippen LogP contribution in [0.4, 0.5) is 5.69 Å². The molecule has 5 heterocycles. The maximum atomic E-state index is 12.6. The summed E-state index contributed by atoms with van der Waals surface area (Å²) in [5, 5.41) is 10.7. The molecule has 0 spiro atoms. The van der Waals surface area contributed by atoms with E-state index in [0.29, 0.717) is 53.4 Å². The average molecular weight is 727 g/mol. The number of aromatic nitrogens is 3. The Balaban J connectivity index is 1.03. The van der Waals surface area contributed by atoms with Crippen LogP contribution in [0.25, 0.3) is 22.4 Å². The van der Waals surface area contributed by atoms with Crippen molar-refractivity contribution in [2.45, 2.75) is 114 Å². The van der Waals surface area contributed by atoms with Crippen molar-refractivity contribution in [2.24, 2.45) is 5.92 Å². The zero-order valence-corrected chi connectivity index (χ0v) is 31.3. The molecule has 4 fully saturated rings. The van der Waals surface area contributed by atoms with Crippen molar-refractivity contribution >= 4 is 42.5 Å². The van der Waals surface area contributed by atoms with E-state index in [9.17, 15) is 9.90 Å². The lowest BCUT2D eigenvalue weighted by Crippen LogP contribution is -2.35. The molecule has 272 valence electrons. The molecule has 50 heavy (non-hydrogen) atoms. The van der Waals surface area contributed by atoms with E-state index in [4.69, 9.17) is 45.3 Å². The Bertz CT molecular complexity index is 1620. The number of pyridine rings is 1. The van der Waals surface area contributed by atoms with Gasteiger partial charge in [0, 0.05) is 45.4 Å². The number of benzene rings is 1. The van der Waals surface area contributed by atoms with Crippen molar-refractivity contribution in [1.82, 2.24) is 14.5 Å². The number of hydrogen-bond donors (Lipinski definition) is 1. The standard InChI is InChI=1S/C37H51ClN4O7Si/c1-50(2,3)18-17-45-23-42-36-29(39-37(42)49-31-22-47-34-30(43)21-46-35(31)34)20-28(38)33(40-36)25-9-11-26(12-10-25)41-15-13-24(14-16-41)19-32(44)48-27-7-5-4-6-8-27/h9-12,20,24,27,30-31,34-35,43H,4-8,13-19,21-23H2,1-3H3/t30-,31-,34-,35-/m1/s1. The van der Waals surface area contributed by atoms with Crippen LogP contribution < -0.4 is 9.64 Å². The van der Waals surface area contributed by atoms with Gasteiger partial charge in [-0.15, -0.1) is 0 Å². The molecular formula is C37H51ClN4O7Si. The number of piperidine rings is 1. The Kier molecular flexibility index (Phi) is 11.0. The van der Waals surface area contributed by atoms with Crippen LogP contribution in [0, 0.1) is 5.92 Å². The SMILES string of the molecule is C[Si](C)(C)CCOCn1c(O[C@@H]2CO[C@H]3[C@@H]2OC[C@H]3O)nc2cc(Cl)c(-c3ccc(N4CCC(CC(=O)OC5CCCCC5)CC4)cc3)nc21. The summed E-state index contributed by atoms with van der Waals surface area (Å²) in [5.41, 5.74) is 3.91. The Hall–Kier alpha value is -2.74. The molecule has 3 aromatic rings. The molecule has 3 saturated heterocycles. The fourth-order valence-corrected chi connectivity index (χ4v) is 8.52. The molecule has 1 N–H and O–H groups in total. The van der Waals surface area contributed by atoms with Crippen molar-refractivity contribution in [3.8, 4) is 17.3 Å². The van der Waals surface area contributed by atoms with E-state index in [1.54, 1.807) is 0 Å². The third kappa shape index (κ3) is 8.31. The Morgan fingerprint density at radius 2 is 1.74 bits per heavy atom. The van der Waals surface area contributed by atoms with Crippen molar-refractivity contribution in [1.29, 1.82) is 0 Å². The molecule has 2 aromatic heterocycles. The minimum absolute atomic E-state index is 0.0249. The highest BCUT2D eigenvalue weighted by Gasteiger charge is 2.49. The first-order valence-corrected chi connectivity index (χ1v) is 22.5. The molecule has 0 amide bonds. The van der Waals surface area contributed by atoms with Crippen LogP contribution in [0.1, 0.15) is 51.4 Å². The Morgan fingerprint density at radius 3 is 2.48 bits per heavy atom. The third-order valence-corrected chi connectivity index (χ3v) is 12.5. The highest BCUT2D eigenvalue weighted by Crippen LogP contribution is 2.35. The average Bonchev–Trinajstić information content (AvgIpc) is 3.77. The summed E-state index contributed by atoms with van der Waals surface area (Å²) < 4.78 is 31.8. The number of hydrogen-bond acceptors (Lipinski definition) is 10. The number of ether oxygens (including phenoxy) is 5. The number of esters is 1. The summed E-state index contributed by atoms with van der Waals surface area (Å²) in [6.07, 6.45) is 6.35. The highest BCUT2D eigenvalue weighted by molar-refractivity contribution is 6.76. The number of aliphatic hydroxyl groups excluding tert-OH is 1. The van der Waals surface area contributed by atoms with E-state index >= 15 is 0 Å². The quantitative estimate of drug-likeness (QED) is 0.127. The Morgan fingerprint density at radius 1 is 1.00 bits per heavy atom. The van der Waals surface area contributed by atoms with Crippen LogP contribution in [0.15, 0.2) is 30.3 Å². The lowest BCUT2D eigenvalue weighted by molar-refractivity contribution is -0.151. The van der Waals surface area contributed by atoms with Gasteiger partial charge in [0.2, 0.25) is 0 Å². The maximum absolute atomic E-state index is 12.6. The minimum atomic E-state index is -1.29. The molecule has 1 saturated carbocycles. The molecule has 4 atom stereocenters. The zero-order chi connectivity index (χ0) is 34.8. The van der Waals surface area contributed by atoms with Crippen LogP contribution in [0.5, 0.6) is 6.01 Å². The summed E-state index contributed by atoms with van der Waals surface area (Å²) in [4.78, 5) is 24.8. The zero-order valence-electron chi connectivity index (χ0n) is 29.5. The predicted octanol–water partition coefficient (Wildman–Crippen LogP) is 6.45. The van der Waals surface area contributed by atoms with Gasteiger partial charge in [-0.1, -0.05) is 49.8 Å². The fourth-order valence-electron chi connectivity index (χ4n) is 7.51. The van der Waals surface area contributed by atoms with Crippen molar-refractivity contribution in [3.63, 3.8) is 0 Å². The van der Waals surface area contributed by atoms with Gasteiger partial charge in [0.1, 0.15) is 36.7 Å². The van der Waals surface area contributed by atoms with Gasteiger partial charge in [-0.2, -0.15) is 4.98 Å². The normalized spacial score (nSPS) is 24.9. The monoisotopic (exact) mass is 726 g/mol. The first kappa shape index (κ1) is 35.7. The maximum Gasteiger partial charge on any atom is 0.306 e. The van der Waals surface area contributed by atoms with Gasteiger partial charge in [-0.05, 0) is 68.7 Å². The molecule has 0 radical (unpaired) electrons. The van der Waals surface area contributed by atoms with E-state index in [-0.39, 0.29) is 31.5 Å². The highest BCUT2D eigenvalue weighted by atomic mass is 35.5. The molecule has 0 unspecified atom stereocenters. The molecule has 0 bridgehead atoms. The summed E-state index contributed by atoms with van der Waals surface area (Å²) >= 11 is 6.85. The molecule has 11 nitrogen and oxygen atoms in total. The minimum Gasteiger partial charge on any atom is -0.462 e. The number of anilines is 1. The molecule has 13 heteroatoms. The summed E-state index contributed by atoms with van der Waals surface area (Å²) in [6, 6.07) is 11.6. The van der Waals surface area contributed by atoms with E-state index in [2.05, 4.69) is 48.8 Å². The molecule has 3 aliphatic heterocycles. The van der Waals surface area contributed by atoms with Crippen LogP contribution in [0.2, 0.25) is 30.7 Å². The van der Waals surface area contributed by atoms with Crippen molar-refractivity contribution in [2.75, 3.05) is 37.8 Å². The molecule has 1 aromatic carbocycles. The van der Waals surface area contributed by atoms with E-state index < -0.39 is 26.4 Å². The number of halogens is 1. The number of fused-ring (bicyclic) bond motifs is 2. The van der Waals surface area contributed by atoms with Crippen molar-refractivity contribution < 1.29 is 33.6 Å². The number of rotatable bonds is 12. The van der Waals surface area contributed by atoms with Crippen LogP contribution in [0.3, 0.4) is 0 Å². The second-order valence-electron chi connectivity index (χ2n) is 15.6. The summed E-state index contributed by atoms with van der Waals surface area (Å²) in [6.45, 7) is 10.2. The third-order valence-electron chi connectivity index (χ3n) is 10.5. The largest absolute Gasteiger partial charge is 0.462 e. The molecule has 1 aliphatic carbocycles. The smallest absolute Gasteiger partial charge is 0.306 e. The predicted molar refractivity (Wildman–Crippen MR) is 195 cm³/mol. The van der Waals surface area contributed by atoms with Gasteiger partial charge in [0.05, 0.1) is 23.9 Å². The van der Waals surface area contributed by atoms with Crippen LogP contribution in [-0.4, -0.2) is 97.1 Å². The topological polar surface area (TPSA) is 117 Å². The summed E-state index contributed by atoms with van der Waals surface area (Å²) in [5.74, 6) is 0.345. The molecular weight excluding hydrogens is 676 g/mol. The lowest BCUT2D eigenvalue weighted by Gasteiger charge is -2.33. The second-order valence-corrected chi connectivity index (χ2v) is 21.6.